The SMILES string of the molecule is Cc1ccc(Cc2c[nH]c(NCCSC3c4nc(NC(=N)N)sc43)nc2=O)cn1. The zero-order chi connectivity index (χ0) is 20.4. The first kappa shape index (κ1) is 19.4. The average molecular weight is 429 g/mol. The predicted molar refractivity (Wildman–Crippen MR) is 117 cm³/mol. The van der Waals surface area contributed by atoms with E-state index in [0.717, 1.165) is 22.7 Å². The highest BCUT2D eigenvalue weighted by Crippen LogP contribution is 2.55. The lowest BCUT2D eigenvalue weighted by atomic mass is 10.1. The molecule has 0 fully saturated rings. The summed E-state index contributed by atoms with van der Waals surface area (Å²) in [6.45, 7) is 2.61. The van der Waals surface area contributed by atoms with Gasteiger partial charge in [-0.2, -0.15) is 4.98 Å². The summed E-state index contributed by atoms with van der Waals surface area (Å²) < 4.78 is 0. The van der Waals surface area contributed by atoms with E-state index in [0.29, 0.717) is 34.9 Å². The zero-order valence-electron chi connectivity index (χ0n) is 15.7. The Balaban J connectivity index is 1.22. The van der Waals surface area contributed by atoms with Crippen LogP contribution < -0.4 is 21.9 Å². The molecule has 1 atom stereocenters. The summed E-state index contributed by atoms with van der Waals surface area (Å²) in [7, 11) is 0. The van der Waals surface area contributed by atoms with E-state index in [9.17, 15) is 4.79 Å². The van der Waals surface area contributed by atoms with Crippen molar-refractivity contribution in [1.29, 1.82) is 5.41 Å². The van der Waals surface area contributed by atoms with Crippen molar-refractivity contribution in [2.45, 2.75) is 18.6 Å². The molecule has 6 N–H and O–H groups in total. The van der Waals surface area contributed by atoms with Gasteiger partial charge in [-0.15, -0.1) is 11.8 Å². The van der Waals surface area contributed by atoms with E-state index in [1.165, 1.54) is 16.2 Å². The molecule has 11 heteroatoms. The lowest BCUT2D eigenvalue weighted by molar-refractivity contribution is 0.999. The van der Waals surface area contributed by atoms with Gasteiger partial charge in [-0.1, -0.05) is 17.4 Å². The Morgan fingerprint density at radius 2 is 2.28 bits per heavy atom. The second-order valence-corrected chi connectivity index (χ2v) is 8.79. The van der Waals surface area contributed by atoms with E-state index in [-0.39, 0.29) is 11.5 Å². The molecule has 1 aliphatic rings. The molecule has 29 heavy (non-hydrogen) atoms. The lowest BCUT2D eigenvalue weighted by Crippen LogP contribution is -2.20. The van der Waals surface area contributed by atoms with Crippen LogP contribution >= 0.6 is 23.1 Å². The van der Waals surface area contributed by atoms with E-state index >= 15 is 0 Å². The van der Waals surface area contributed by atoms with Crippen molar-refractivity contribution in [2.75, 3.05) is 22.9 Å². The Morgan fingerprint density at radius 3 is 2.93 bits per heavy atom. The molecule has 4 rings (SSSR count). The molecule has 3 heterocycles. The largest absolute Gasteiger partial charge is 0.370 e. The van der Waals surface area contributed by atoms with Gasteiger partial charge in [-0.25, -0.2) is 4.98 Å². The molecule has 0 radical (unpaired) electrons. The smallest absolute Gasteiger partial charge is 0.277 e. The quantitative estimate of drug-likeness (QED) is 0.208. The minimum absolute atomic E-state index is 0.102. The molecule has 1 unspecified atom stereocenters. The number of aromatic nitrogens is 4. The summed E-state index contributed by atoms with van der Waals surface area (Å²) in [5.74, 6) is 1.22. The van der Waals surface area contributed by atoms with Crippen LogP contribution in [0.5, 0.6) is 0 Å². The van der Waals surface area contributed by atoms with Crippen LogP contribution in [0.2, 0.25) is 0 Å². The number of aromatic amines is 1. The number of nitrogens with two attached hydrogens (primary N) is 1. The topological polar surface area (TPSA) is 145 Å². The van der Waals surface area contributed by atoms with Crippen molar-refractivity contribution < 1.29 is 0 Å². The Kier molecular flexibility index (Phi) is 5.49. The van der Waals surface area contributed by atoms with Gasteiger partial charge in [0.05, 0.1) is 15.8 Å². The molecule has 1 aliphatic carbocycles. The molecule has 0 spiro atoms. The van der Waals surface area contributed by atoms with Crippen LogP contribution in [0.4, 0.5) is 11.1 Å². The number of hydrogen-bond acceptors (Lipinski definition) is 8. The first-order valence-electron chi connectivity index (χ1n) is 8.97. The van der Waals surface area contributed by atoms with Crippen LogP contribution in [0.3, 0.4) is 0 Å². The number of aryl methyl sites for hydroxylation is 1. The van der Waals surface area contributed by atoms with Crippen LogP contribution in [0.15, 0.2) is 29.3 Å². The number of rotatable bonds is 8. The van der Waals surface area contributed by atoms with Gasteiger partial charge in [0.1, 0.15) is 0 Å². The molecule has 0 amide bonds. The first-order valence-corrected chi connectivity index (χ1v) is 10.8. The number of guanidine groups is 1. The van der Waals surface area contributed by atoms with Crippen molar-refractivity contribution in [1.82, 2.24) is 19.9 Å². The fraction of sp³-hybridized carbons (Fsp3) is 0.278. The lowest BCUT2D eigenvalue weighted by Gasteiger charge is -2.06. The highest BCUT2D eigenvalue weighted by molar-refractivity contribution is 8.00. The van der Waals surface area contributed by atoms with Crippen molar-refractivity contribution in [3.63, 3.8) is 0 Å². The number of hydrogen-bond donors (Lipinski definition) is 5. The van der Waals surface area contributed by atoms with Crippen molar-refractivity contribution in [2.24, 2.45) is 5.73 Å². The maximum absolute atomic E-state index is 12.3. The fourth-order valence-corrected chi connectivity index (χ4v) is 5.12. The number of pyridine rings is 1. The number of H-pyrrole nitrogens is 1. The second-order valence-electron chi connectivity index (χ2n) is 6.55. The minimum Gasteiger partial charge on any atom is -0.370 e. The molecule has 0 saturated carbocycles. The molecule has 0 saturated heterocycles. The van der Waals surface area contributed by atoms with Gasteiger partial charge in [0.15, 0.2) is 11.1 Å². The summed E-state index contributed by atoms with van der Waals surface area (Å²) in [5.41, 5.74) is 8.66. The Hall–Kier alpha value is -2.92. The van der Waals surface area contributed by atoms with Crippen molar-refractivity contribution in [3.05, 3.63) is 62.3 Å². The maximum atomic E-state index is 12.3. The monoisotopic (exact) mass is 428 g/mol. The third kappa shape index (κ3) is 4.74. The number of nitrogens with zero attached hydrogens (tertiary/aromatic N) is 3. The molecule has 3 aromatic rings. The van der Waals surface area contributed by atoms with Gasteiger partial charge in [-0.05, 0) is 18.6 Å². The summed E-state index contributed by atoms with van der Waals surface area (Å²) in [6.07, 6.45) is 3.99. The predicted octanol–water partition coefficient (Wildman–Crippen LogP) is 2.07. The zero-order valence-corrected chi connectivity index (χ0v) is 17.3. The molecule has 0 aliphatic heterocycles. The highest BCUT2D eigenvalue weighted by Gasteiger charge is 2.38. The molecular weight excluding hydrogens is 408 g/mol. The minimum atomic E-state index is -0.237. The van der Waals surface area contributed by atoms with E-state index < -0.39 is 0 Å². The molecule has 0 aromatic carbocycles. The van der Waals surface area contributed by atoms with E-state index in [2.05, 4.69) is 30.6 Å². The Morgan fingerprint density at radius 1 is 1.41 bits per heavy atom. The number of fused-ring (bicyclic) bond motifs is 1. The van der Waals surface area contributed by atoms with Gasteiger partial charge in [0.2, 0.25) is 5.95 Å². The molecular formula is C18H20N8OS2. The summed E-state index contributed by atoms with van der Waals surface area (Å²) >= 11 is 3.31. The molecule has 0 bridgehead atoms. The third-order valence-electron chi connectivity index (χ3n) is 4.24. The van der Waals surface area contributed by atoms with Crippen LogP contribution in [-0.2, 0) is 6.42 Å². The van der Waals surface area contributed by atoms with Crippen LogP contribution in [0, 0.1) is 12.3 Å². The summed E-state index contributed by atoms with van der Waals surface area (Å²) in [5, 5.41) is 14.1. The third-order valence-corrected chi connectivity index (χ3v) is 6.68. The number of nitrogens with one attached hydrogen (secondary N) is 4. The second kappa shape index (κ2) is 8.21. The van der Waals surface area contributed by atoms with Crippen molar-refractivity contribution >= 4 is 40.1 Å². The standard InChI is InChI=1S/C18H20N8OS2/c1-9-2-3-10(7-22-9)6-11-8-23-17(25-15(11)27)21-4-5-28-13-12-14(13)29-18(24-12)26-16(19)20/h2-3,7-8,13H,4-6H2,1H3,(H4,19,20,24,26)(H2,21,23,25,27). The Labute approximate surface area is 175 Å². The summed E-state index contributed by atoms with van der Waals surface area (Å²) in [4.78, 5) is 29.3. The highest BCUT2D eigenvalue weighted by atomic mass is 32.2. The van der Waals surface area contributed by atoms with Crippen LogP contribution in [0.1, 0.15) is 32.6 Å². The number of anilines is 2. The van der Waals surface area contributed by atoms with Crippen LogP contribution in [-0.4, -0.2) is 38.2 Å². The van der Waals surface area contributed by atoms with E-state index in [4.69, 9.17) is 11.1 Å². The maximum Gasteiger partial charge on any atom is 0.277 e. The van der Waals surface area contributed by atoms with Crippen LogP contribution in [0.25, 0.3) is 0 Å². The Bertz CT molecular complexity index is 1070. The normalized spacial score (nSPS) is 14.3. The van der Waals surface area contributed by atoms with Gasteiger partial charge < -0.3 is 21.4 Å². The van der Waals surface area contributed by atoms with E-state index in [1.807, 2.05) is 19.1 Å². The van der Waals surface area contributed by atoms with E-state index in [1.54, 1.807) is 24.2 Å². The van der Waals surface area contributed by atoms with Gasteiger partial charge >= 0.3 is 0 Å². The average Bonchev–Trinajstić information content (AvgIpc) is 3.13. The van der Waals surface area contributed by atoms with Gasteiger partial charge in [0, 0.05) is 42.4 Å². The molecule has 3 aromatic heterocycles. The first-order chi connectivity index (χ1) is 14.0. The van der Waals surface area contributed by atoms with Crippen molar-refractivity contribution in [3.8, 4) is 0 Å². The number of thiazole rings is 1. The van der Waals surface area contributed by atoms with Gasteiger partial charge in [0.25, 0.3) is 5.56 Å². The summed E-state index contributed by atoms with van der Waals surface area (Å²) in [6, 6.07) is 3.90. The number of thioether (sulfide) groups is 1. The molecule has 150 valence electrons. The fourth-order valence-electron chi connectivity index (χ4n) is 2.76. The van der Waals surface area contributed by atoms with Gasteiger partial charge in [-0.3, -0.25) is 15.2 Å². The molecule has 9 nitrogen and oxygen atoms in total.